The highest BCUT2D eigenvalue weighted by molar-refractivity contribution is 6.74. The van der Waals surface area contributed by atoms with Crippen LogP contribution in [0.4, 0.5) is 5.69 Å². The summed E-state index contributed by atoms with van der Waals surface area (Å²) in [5.41, 5.74) is -1.31. The van der Waals surface area contributed by atoms with Crippen molar-refractivity contribution in [1.29, 1.82) is 0 Å². The predicted octanol–water partition coefficient (Wildman–Crippen LogP) is 5.85. The highest BCUT2D eigenvalue weighted by Gasteiger charge is 2.45. The number of H-pyrrole nitrogens is 1. The molecule has 1 saturated heterocycles. The van der Waals surface area contributed by atoms with Gasteiger partial charge in [-0.3, -0.25) is 24.5 Å². The minimum absolute atomic E-state index is 0.0180. The third-order valence-corrected chi connectivity index (χ3v) is 12.6. The average Bonchev–Trinajstić information content (AvgIpc) is 3.25. The van der Waals surface area contributed by atoms with Gasteiger partial charge >= 0.3 is 5.69 Å². The van der Waals surface area contributed by atoms with Crippen LogP contribution in [0.1, 0.15) is 84.8 Å². The smallest absolute Gasteiger partial charge is 0.330 e. The number of hydrogen-bond donors (Lipinski definition) is 1. The molecule has 0 spiro atoms. The lowest BCUT2D eigenvalue weighted by atomic mass is 9.83. The third-order valence-electron chi connectivity index (χ3n) is 8.09. The molecule has 1 aliphatic heterocycles. The quantitative estimate of drug-likeness (QED) is 0.207. The number of nitrogens with one attached hydrogen (secondary N) is 1. The van der Waals surface area contributed by atoms with Crippen molar-refractivity contribution >= 4 is 14.0 Å². The second-order valence-electron chi connectivity index (χ2n) is 13.2. The molecule has 1 aromatic carbocycles. The van der Waals surface area contributed by atoms with E-state index in [0.717, 1.165) is 6.42 Å². The first-order valence-electron chi connectivity index (χ1n) is 14.0. The van der Waals surface area contributed by atoms with Crippen LogP contribution in [0.2, 0.25) is 18.1 Å². The van der Waals surface area contributed by atoms with Crippen LogP contribution in [0.15, 0.2) is 34.0 Å². The summed E-state index contributed by atoms with van der Waals surface area (Å²) in [6.07, 6.45) is 0.916. The van der Waals surface area contributed by atoms with E-state index >= 15 is 0 Å². The van der Waals surface area contributed by atoms with Crippen molar-refractivity contribution in [3.8, 4) is 5.75 Å². The lowest BCUT2D eigenvalue weighted by Crippen LogP contribution is -2.45. The lowest BCUT2D eigenvalue weighted by Gasteiger charge is -2.39. The molecule has 228 valence electrons. The van der Waals surface area contributed by atoms with Gasteiger partial charge in [-0.1, -0.05) is 48.5 Å². The Morgan fingerprint density at radius 1 is 1.20 bits per heavy atom. The van der Waals surface area contributed by atoms with E-state index in [2.05, 4.69) is 38.8 Å². The minimum Gasteiger partial charge on any atom is -0.497 e. The van der Waals surface area contributed by atoms with Crippen molar-refractivity contribution in [2.45, 2.75) is 111 Å². The summed E-state index contributed by atoms with van der Waals surface area (Å²) in [6, 6.07) is 4.49. The standard InChI is InChI=1S/C29H45N3O8Si/c1-11-22-23(40-41(9,10)29(5,6)7)15-24(39-22)31-16-18(26(33)30-27(31)34)17-38-25(28(2,3)4)20-14-19(37-8)12-13-21(20)32(35)36/h12-14,16,22-25H,11,15,17H2,1-10H3,(H,30,33,34)/t22-,23-,24-,25-/m1/s1. The zero-order valence-electron chi connectivity index (χ0n) is 25.9. The Kier molecular flexibility index (Phi) is 9.73. The van der Waals surface area contributed by atoms with Gasteiger partial charge in [0, 0.05) is 18.7 Å². The first-order chi connectivity index (χ1) is 18.9. The Hall–Kier alpha value is -2.80. The Morgan fingerprint density at radius 3 is 2.39 bits per heavy atom. The van der Waals surface area contributed by atoms with E-state index in [4.69, 9.17) is 18.6 Å². The van der Waals surface area contributed by atoms with Gasteiger partial charge in [-0.25, -0.2) is 4.79 Å². The lowest BCUT2D eigenvalue weighted by molar-refractivity contribution is -0.386. The number of nitro benzene ring substituents is 1. The second kappa shape index (κ2) is 12.2. The second-order valence-corrected chi connectivity index (χ2v) is 18.0. The molecular weight excluding hydrogens is 546 g/mol. The fraction of sp³-hybridized carbons (Fsp3) is 0.655. The summed E-state index contributed by atoms with van der Waals surface area (Å²) in [7, 11) is -0.606. The van der Waals surface area contributed by atoms with E-state index < -0.39 is 42.2 Å². The van der Waals surface area contributed by atoms with E-state index in [-0.39, 0.29) is 35.1 Å². The predicted molar refractivity (Wildman–Crippen MR) is 159 cm³/mol. The number of benzene rings is 1. The van der Waals surface area contributed by atoms with Gasteiger partial charge in [-0.2, -0.15) is 0 Å². The van der Waals surface area contributed by atoms with E-state index in [9.17, 15) is 19.7 Å². The largest absolute Gasteiger partial charge is 0.497 e. The first kappa shape index (κ1) is 32.7. The van der Waals surface area contributed by atoms with Crippen molar-refractivity contribution in [1.82, 2.24) is 9.55 Å². The van der Waals surface area contributed by atoms with Crippen LogP contribution in [0.25, 0.3) is 0 Å². The zero-order valence-corrected chi connectivity index (χ0v) is 26.9. The molecule has 0 saturated carbocycles. The molecular formula is C29H45N3O8Si. The maximum atomic E-state index is 12.9. The molecule has 1 aliphatic rings. The number of rotatable bonds is 10. The molecule has 1 aromatic heterocycles. The number of aromatic nitrogens is 2. The number of aromatic amines is 1. The number of hydrogen-bond acceptors (Lipinski definition) is 8. The molecule has 0 aliphatic carbocycles. The van der Waals surface area contributed by atoms with Crippen LogP contribution < -0.4 is 16.0 Å². The molecule has 0 amide bonds. The minimum atomic E-state index is -2.09. The van der Waals surface area contributed by atoms with Crippen molar-refractivity contribution in [3.63, 3.8) is 0 Å². The summed E-state index contributed by atoms with van der Waals surface area (Å²) in [4.78, 5) is 39.5. The summed E-state index contributed by atoms with van der Waals surface area (Å²) in [5, 5.41) is 11.8. The molecule has 1 fully saturated rings. The fourth-order valence-corrected chi connectivity index (χ4v) is 6.13. The summed E-state index contributed by atoms with van der Waals surface area (Å²) in [5.74, 6) is 0.452. The summed E-state index contributed by atoms with van der Waals surface area (Å²) >= 11 is 0. The average molecular weight is 592 g/mol. The van der Waals surface area contributed by atoms with Crippen molar-refractivity contribution in [2.75, 3.05) is 7.11 Å². The molecule has 11 nitrogen and oxygen atoms in total. The summed E-state index contributed by atoms with van der Waals surface area (Å²) in [6.45, 7) is 18.4. The van der Waals surface area contributed by atoms with E-state index in [1.54, 1.807) is 6.07 Å². The fourth-order valence-electron chi connectivity index (χ4n) is 4.77. The maximum absolute atomic E-state index is 12.9. The molecule has 4 atom stereocenters. The van der Waals surface area contributed by atoms with Crippen molar-refractivity contribution < 1.29 is 23.6 Å². The van der Waals surface area contributed by atoms with Crippen molar-refractivity contribution in [3.05, 3.63) is 66.5 Å². The Labute approximate surface area is 242 Å². The molecule has 0 unspecified atom stereocenters. The van der Waals surface area contributed by atoms with Gasteiger partial charge in [0.2, 0.25) is 0 Å². The van der Waals surface area contributed by atoms with E-state index in [1.807, 2.05) is 27.7 Å². The zero-order chi connectivity index (χ0) is 30.9. The molecule has 2 heterocycles. The van der Waals surface area contributed by atoms with Gasteiger partial charge < -0.3 is 18.6 Å². The highest BCUT2D eigenvalue weighted by atomic mass is 28.4. The Morgan fingerprint density at radius 2 is 1.85 bits per heavy atom. The van der Waals surface area contributed by atoms with Crippen LogP contribution >= 0.6 is 0 Å². The monoisotopic (exact) mass is 591 g/mol. The Balaban J connectivity index is 1.92. The van der Waals surface area contributed by atoms with E-state index in [1.165, 1.54) is 30.0 Å². The van der Waals surface area contributed by atoms with Gasteiger partial charge in [0.25, 0.3) is 11.2 Å². The normalized spacial score (nSPS) is 20.7. The van der Waals surface area contributed by atoms with Gasteiger partial charge in [0.1, 0.15) is 12.0 Å². The van der Waals surface area contributed by atoms with Crippen molar-refractivity contribution in [2.24, 2.45) is 5.41 Å². The Bertz CT molecular complexity index is 1360. The van der Waals surface area contributed by atoms with Crippen LogP contribution in [0.5, 0.6) is 5.75 Å². The van der Waals surface area contributed by atoms with Crippen LogP contribution in [-0.2, 0) is 20.5 Å². The van der Waals surface area contributed by atoms with Gasteiger partial charge in [0.15, 0.2) is 8.32 Å². The number of methoxy groups -OCH3 is 1. The molecule has 41 heavy (non-hydrogen) atoms. The molecule has 12 heteroatoms. The van der Waals surface area contributed by atoms with Gasteiger partial charge in [0.05, 0.1) is 48.1 Å². The molecule has 3 rings (SSSR count). The number of ether oxygens (including phenoxy) is 3. The van der Waals surface area contributed by atoms with E-state index in [0.29, 0.717) is 17.7 Å². The molecule has 0 bridgehead atoms. The first-order valence-corrected chi connectivity index (χ1v) is 16.9. The molecule has 1 N–H and O–H groups in total. The summed E-state index contributed by atoms with van der Waals surface area (Å²) < 4.78 is 25.8. The number of nitrogens with zero attached hydrogens (tertiary/aromatic N) is 2. The third kappa shape index (κ3) is 7.35. The molecule has 0 radical (unpaired) electrons. The van der Waals surface area contributed by atoms with Gasteiger partial charge in [-0.15, -0.1) is 0 Å². The SMILES string of the molecule is CC[C@H]1O[C@@H](n2cc(CO[C@H](c3cc(OC)ccc3[N+](=O)[O-])C(C)(C)C)c(=O)[nH]c2=O)C[C@H]1O[Si](C)(C)C(C)(C)C. The topological polar surface area (TPSA) is 135 Å². The number of nitro groups is 1. The highest BCUT2D eigenvalue weighted by Crippen LogP contribution is 2.43. The van der Waals surface area contributed by atoms with Crippen LogP contribution in [0.3, 0.4) is 0 Å². The van der Waals surface area contributed by atoms with Gasteiger partial charge in [-0.05, 0) is 42.1 Å². The van der Waals surface area contributed by atoms with Crippen LogP contribution in [0, 0.1) is 15.5 Å². The maximum Gasteiger partial charge on any atom is 0.330 e. The van der Waals surface area contributed by atoms with Crippen LogP contribution in [-0.4, -0.2) is 42.1 Å². The molecule has 2 aromatic rings.